The zero-order chi connectivity index (χ0) is 21.7. The Balaban J connectivity index is 1.79. The molecule has 1 atom stereocenters. The molecule has 0 spiro atoms. The largest absolute Gasteiger partial charge is 0.496 e. The van der Waals surface area contributed by atoms with E-state index in [1.165, 1.54) is 0 Å². The number of hydrogen-bond acceptors (Lipinski definition) is 6. The summed E-state index contributed by atoms with van der Waals surface area (Å²) < 4.78 is 16.5. The van der Waals surface area contributed by atoms with Gasteiger partial charge in [0.1, 0.15) is 11.4 Å². The Labute approximate surface area is 178 Å². The Hall–Kier alpha value is -2.32. The number of benzene rings is 1. The second-order valence-corrected chi connectivity index (χ2v) is 8.65. The van der Waals surface area contributed by atoms with E-state index in [4.69, 9.17) is 14.2 Å². The quantitative estimate of drug-likeness (QED) is 0.745. The Morgan fingerprint density at radius 1 is 1.07 bits per heavy atom. The molecule has 166 valence electrons. The van der Waals surface area contributed by atoms with Crippen molar-refractivity contribution in [3.8, 4) is 5.75 Å². The lowest BCUT2D eigenvalue weighted by atomic mass is 10.0. The van der Waals surface area contributed by atoms with Crippen molar-refractivity contribution in [1.82, 2.24) is 14.7 Å². The highest BCUT2D eigenvalue weighted by Crippen LogP contribution is 2.32. The molecule has 8 heteroatoms. The Bertz CT molecular complexity index is 743. The molecule has 0 aromatic heterocycles. The topological polar surface area (TPSA) is 71.5 Å². The van der Waals surface area contributed by atoms with Crippen molar-refractivity contribution in [2.24, 2.45) is 0 Å². The van der Waals surface area contributed by atoms with Gasteiger partial charge in [0, 0.05) is 38.3 Å². The van der Waals surface area contributed by atoms with E-state index in [0.29, 0.717) is 52.5 Å². The molecule has 1 aromatic carbocycles. The molecule has 3 rings (SSSR count). The first-order valence-corrected chi connectivity index (χ1v) is 10.5. The van der Waals surface area contributed by atoms with Crippen molar-refractivity contribution in [3.05, 3.63) is 29.8 Å². The van der Waals surface area contributed by atoms with Gasteiger partial charge in [0.25, 0.3) is 0 Å². The molecular formula is C22H33N3O5. The van der Waals surface area contributed by atoms with Crippen molar-refractivity contribution in [2.75, 3.05) is 59.6 Å². The molecule has 8 nitrogen and oxygen atoms in total. The second kappa shape index (κ2) is 9.66. The summed E-state index contributed by atoms with van der Waals surface area (Å²) in [5, 5.41) is 0. The molecule has 0 saturated carbocycles. The second-order valence-electron chi connectivity index (χ2n) is 8.65. The van der Waals surface area contributed by atoms with Crippen LogP contribution in [-0.2, 0) is 14.3 Å². The summed E-state index contributed by atoms with van der Waals surface area (Å²) in [6.07, 6.45) is -0.332. The maximum absolute atomic E-state index is 12.9. The monoisotopic (exact) mass is 419 g/mol. The summed E-state index contributed by atoms with van der Waals surface area (Å²) >= 11 is 0. The summed E-state index contributed by atoms with van der Waals surface area (Å²) in [6, 6.07) is 7.61. The smallest absolute Gasteiger partial charge is 0.410 e. The van der Waals surface area contributed by atoms with Gasteiger partial charge in [0.2, 0.25) is 5.91 Å². The highest BCUT2D eigenvalue weighted by Gasteiger charge is 2.35. The SMILES string of the molecule is COc1ccccc1[C@H]1CN(C(=O)OC(C)(C)C)CCN1CC(=O)N1CCOCC1. The molecule has 0 N–H and O–H groups in total. The number of piperazine rings is 1. The lowest BCUT2D eigenvalue weighted by Crippen LogP contribution is -2.54. The minimum atomic E-state index is -0.555. The molecule has 2 aliphatic heterocycles. The summed E-state index contributed by atoms with van der Waals surface area (Å²) in [5.74, 6) is 0.835. The highest BCUT2D eigenvalue weighted by atomic mass is 16.6. The van der Waals surface area contributed by atoms with Crippen LogP contribution < -0.4 is 4.74 Å². The van der Waals surface area contributed by atoms with E-state index >= 15 is 0 Å². The molecule has 1 aromatic rings. The van der Waals surface area contributed by atoms with Crippen LogP contribution in [0.4, 0.5) is 4.79 Å². The molecule has 2 fully saturated rings. The number of amides is 2. The number of carbonyl (C=O) groups is 2. The van der Waals surface area contributed by atoms with Crippen LogP contribution in [0, 0.1) is 0 Å². The minimum absolute atomic E-state index is 0.0870. The van der Waals surface area contributed by atoms with Gasteiger partial charge in [-0.15, -0.1) is 0 Å². The number of hydrogen-bond donors (Lipinski definition) is 0. The minimum Gasteiger partial charge on any atom is -0.496 e. The third kappa shape index (κ3) is 5.64. The van der Waals surface area contributed by atoms with Crippen LogP contribution in [0.3, 0.4) is 0 Å². The Morgan fingerprint density at radius 2 is 1.77 bits per heavy atom. The molecule has 0 unspecified atom stereocenters. The van der Waals surface area contributed by atoms with Gasteiger partial charge >= 0.3 is 6.09 Å². The number of rotatable bonds is 4. The van der Waals surface area contributed by atoms with E-state index < -0.39 is 5.60 Å². The zero-order valence-corrected chi connectivity index (χ0v) is 18.4. The van der Waals surface area contributed by atoms with E-state index in [9.17, 15) is 9.59 Å². The predicted octanol–water partition coefficient (Wildman–Crippen LogP) is 2.15. The number of para-hydroxylation sites is 1. The first-order chi connectivity index (χ1) is 14.3. The first kappa shape index (κ1) is 22.4. The molecule has 0 radical (unpaired) electrons. The van der Waals surface area contributed by atoms with Crippen molar-refractivity contribution in [1.29, 1.82) is 0 Å². The van der Waals surface area contributed by atoms with Crippen LogP contribution in [0.5, 0.6) is 5.75 Å². The van der Waals surface area contributed by atoms with Gasteiger partial charge in [-0.1, -0.05) is 18.2 Å². The average Bonchev–Trinajstić information content (AvgIpc) is 2.73. The van der Waals surface area contributed by atoms with Crippen LogP contribution in [0.1, 0.15) is 32.4 Å². The van der Waals surface area contributed by atoms with Crippen molar-refractivity contribution in [2.45, 2.75) is 32.4 Å². The van der Waals surface area contributed by atoms with Crippen molar-refractivity contribution >= 4 is 12.0 Å². The Kier molecular flexibility index (Phi) is 7.20. The van der Waals surface area contributed by atoms with E-state index in [0.717, 1.165) is 11.3 Å². The maximum atomic E-state index is 12.9. The fourth-order valence-electron chi connectivity index (χ4n) is 3.83. The standard InChI is InChI=1S/C22H33N3O5/c1-22(2,3)30-21(27)25-10-9-24(16-20(26)23-11-13-29-14-12-23)18(15-25)17-7-5-6-8-19(17)28-4/h5-8,18H,9-16H2,1-4H3/t18-/m1/s1. The van der Waals surface area contributed by atoms with Gasteiger partial charge in [-0.25, -0.2) is 4.79 Å². The third-order valence-corrected chi connectivity index (χ3v) is 5.34. The van der Waals surface area contributed by atoms with Gasteiger partial charge < -0.3 is 24.0 Å². The fraction of sp³-hybridized carbons (Fsp3) is 0.636. The molecule has 0 aliphatic carbocycles. The van der Waals surface area contributed by atoms with E-state index in [2.05, 4.69) is 4.90 Å². The molecule has 30 heavy (non-hydrogen) atoms. The first-order valence-electron chi connectivity index (χ1n) is 10.5. The van der Waals surface area contributed by atoms with Gasteiger partial charge in [-0.3, -0.25) is 9.69 Å². The van der Waals surface area contributed by atoms with E-state index in [1.807, 2.05) is 49.9 Å². The molecule has 2 aliphatic rings. The molecule has 2 heterocycles. The van der Waals surface area contributed by atoms with Gasteiger partial charge in [-0.05, 0) is 26.8 Å². The molecule has 2 amide bonds. The summed E-state index contributed by atoms with van der Waals surface area (Å²) in [7, 11) is 1.64. The summed E-state index contributed by atoms with van der Waals surface area (Å²) in [6.45, 7) is 9.80. The van der Waals surface area contributed by atoms with Crippen LogP contribution in [-0.4, -0.2) is 91.9 Å². The van der Waals surface area contributed by atoms with Crippen LogP contribution in [0.15, 0.2) is 24.3 Å². The molecule has 0 bridgehead atoms. The highest BCUT2D eigenvalue weighted by molar-refractivity contribution is 5.78. The summed E-state index contributed by atoms with van der Waals surface area (Å²) in [4.78, 5) is 31.3. The van der Waals surface area contributed by atoms with E-state index in [1.54, 1.807) is 12.0 Å². The van der Waals surface area contributed by atoms with Gasteiger partial charge in [-0.2, -0.15) is 0 Å². The molecule has 2 saturated heterocycles. The van der Waals surface area contributed by atoms with Crippen LogP contribution in [0.25, 0.3) is 0 Å². The number of carbonyl (C=O) groups excluding carboxylic acids is 2. The van der Waals surface area contributed by atoms with Gasteiger partial charge in [0.15, 0.2) is 0 Å². The normalized spacial score (nSPS) is 20.7. The van der Waals surface area contributed by atoms with Gasteiger partial charge in [0.05, 0.1) is 32.9 Å². The van der Waals surface area contributed by atoms with Crippen LogP contribution >= 0.6 is 0 Å². The number of nitrogens with zero attached hydrogens (tertiary/aromatic N) is 3. The van der Waals surface area contributed by atoms with Crippen molar-refractivity contribution < 1.29 is 23.8 Å². The Morgan fingerprint density at radius 3 is 2.43 bits per heavy atom. The lowest BCUT2D eigenvalue weighted by Gasteiger charge is -2.42. The maximum Gasteiger partial charge on any atom is 0.410 e. The predicted molar refractivity (Wildman–Crippen MR) is 113 cm³/mol. The lowest BCUT2D eigenvalue weighted by molar-refractivity contribution is -0.137. The number of morpholine rings is 1. The van der Waals surface area contributed by atoms with Crippen molar-refractivity contribution in [3.63, 3.8) is 0 Å². The number of ether oxygens (including phenoxy) is 3. The average molecular weight is 420 g/mol. The zero-order valence-electron chi connectivity index (χ0n) is 18.4. The molecular weight excluding hydrogens is 386 g/mol. The fourth-order valence-corrected chi connectivity index (χ4v) is 3.83. The van der Waals surface area contributed by atoms with E-state index in [-0.39, 0.29) is 18.0 Å². The van der Waals surface area contributed by atoms with Crippen LogP contribution in [0.2, 0.25) is 0 Å². The third-order valence-electron chi connectivity index (χ3n) is 5.34. The number of methoxy groups -OCH3 is 1. The summed E-state index contributed by atoms with van der Waals surface area (Å²) in [5.41, 5.74) is 0.406.